The number of hydrogen-bond donors (Lipinski definition) is 2. The highest BCUT2D eigenvalue weighted by molar-refractivity contribution is 6.30. The van der Waals surface area contributed by atoms with Crippen LogP contribution in [-0.4, -0.2) is 10.9 Å². The van der Waals surface area contributed by atoms with Crippen LogP contribution >= 0.6 is 11.6 Å². The molecule has 0 radical (unpaired) electrons. The molecule has 2 N–H and O–H groups in total. The summed E-state index contributed by atoms with van der Waals surface area (Å²) in [6.07, 6.45) is 1.58. The van der Waals surface area contributed by atoms with E-state index in [9.17, 15) is 4.79 Å². The normalized spacial score (nSPS) is 11.6. The molecule has 0 aliphatic carbocycles. The Morgan fingerprint density at radius 1 is 1.04 bits per heavy atom. The number of nitrogens with zero attached hydrogens (tertiary/aromatic N) is 1. The number of benzene rings is 2. The molecular formula is C21H20ClN3O. The monoisotopic (exact) mass is 365 g/mol. The molecule has 132 valence electrons. The van der Waals surface area contributed by atoms with E-state index in [1.54, 1.807) is 24.4 Å². The second-order valence-electron chi connectivity index (χ2n) is 6.02. The lowest BCUT2D eigenvalue weighted by molar-refractivity contribution is 0.0950. The fourth-order valence-corrected chi connectivity index (χ4v) is 2.67. The smallest absolute Gasteiger partial charge is 0.253 e. The first-order valence-corrected chi connectivity index (χ1v) is 8.80. The van der Waals surface area contributed by atoms with Crippen molar-refractivity contribution in [1.82, 2.24) is 10.3 Å². The number of amides is 1. The first kappa shape index (κ1) is 18.0. The number of carbonyl (C=O) groups excluding carboxylic acids is 1. The highest BCUT2D eigenvalue weighted by Crippen LogP contribution is 2.17. The van der Waals surface area contributed by atoms with Gasteiger partial charge in [0.1, 0.15) is 5.82 Å². The zero-order chi connectivity index (χ0) is 18.4. The third kappa shape index (κ3) is 4.83. The predicted molar refractivity (Wildman–Crippen MR) is 105 cm³/mol. The Morgan fingerprint density at radius 2 is 1.77 bits per heavy atom. The van der Waals surface area contributed by atoms with Crippen LogP contribution in [0.15, 0.2) is 72.9 Å². The Morgan fingerprint density at radius 3 is 2.42 bits per heavy atom. The summed E-state index contributed by atoms with van der Waals surface area (Å²) in [5, 5.41) is 6.89. The number of anilines is 1. The summed E-state index contributed by atoms with van der Waals surface area (Å²) >= 11 is 5.86. The van der Waals surface area contributed by atoms with Gasteiger partial charge < -0.3 is 10.6 Å². The Balaban J connectivity index is 1.56. The van der Waals surface area contributed by atoms with Gasteiger partial charge in [0, 0.05) is 23.8 Å². The molecule has 0 saturated carbocycles. The number of carbonyl (C=O) groups is 1. The van der Waals surface area contributed by atoms with Gasteiger partial charge in [0.05, 0.1) is 5.56 Å². The Labute approximate surface area is 158 Å². The molecule has 0 fully saturated rings. The molecule has 5 heteroatoms. The average molecular weight is 366 g/mol. The fraction of sp³-hybridized carbons (Fsp3) is 0.143. The molecule has 2 aromatic carbocycles. The van der Waals surface area contributed by atoms with Gasteiger partial charge in [-0.05, 0) is 42.3 Å². The second-order valence-corrected chi connectivity index (χ2v) is 6.45. The van der Waals surface area contributed by atoms with Crippen LogP contribution in [0.3, 0.4) is 0 Å². The molecule has 26 heavy (non-hydrogen) atoms. The van der Waals surface area contributed by atoms with Crippen LogP contribution in [0.2, 0.25) is 5.02 Å². The van der Waals surface area contributed by atoms with Crippen LogP contribution in [0.25, 0.3) is 0 Å². The fourth-order valence-electron chi connectivity index (χ4n) is 2.55. The van der Waals surface area contributed by atoms with E-state index in [0.717, 1.165) is 11.4 Å². The van der Waals surface area contributed by atoms with Crippen molar-refractivity contribution >= 4 is 23.3 Å². The minimum absolute atomic E-state index is 0.133. The van der Waals surface area contributed by atoms with Crippen molar-refractivity contribution in [3.8, 4) is 0 Å². The summed E-state index contributed by atoms with van der Waals surface area (Å²) in [5.41, 5.74) is 2.70. The molecule has 0 aliphatic rings. The third-order valence-corrected chi connectivity index (χ3v) is 4.31. The van der Waals surface area contributed by atoms with Crippen LogP contribution < -0.4 is 10.6 Å². The zero-order valence-electron chi connectivity index (χ0n) is 14.4. The van der Waals surface area contributed by atoms with Gasteiger partial charge in [-0.25, -0.2) is 4.98 Å². The largest absolute Gasteiger partial charge is 0.364 e. The highest BCUT2D eigenvalue weighted by atomic mass is 35.5. The van der Waals surface area contributed by atoms with E-state index in [4.69, 9.17) is 11.6 Å². The molecule has 4 nitrogen and oxygen atoms in total. The second kappa shape index (κ2) is 8.50. The molecule has 0 aliphatic heterocycles. The first-order chi connectivity index (χ1) is 12.6. The van der Waals surface area contributed by atoms with Crippen molar-refractivity contribution in [2.75, 3.05) is 5.32 Å². The van der Waals surface area contributed by atoms with E-state index in [1.807, 2.05) is 36.4 Å². The Bertz CT molecular complexity index is 849. The van der Waals surface area contributed by atoms with Gasteiger partial charge in [0.2, 0.25) is 0 Å². The molecule has 1 aromatic heterocycles. The van der Waals surface area contributed by atoms with Gasteiger partial charge in [0.15, 0.2) is 0 Å². The van der Waals surface area contributed by atoms with Gasteiger partial charge in [-0.3, -0.25) is 4.79 Å². The average Bonchev–Trinajstić information content (AvgIpc) is 2.68. The summed E-state index contributed by atoms with van der Waals surface area (Å²) in [7, 11) is 0. The summed E-state index contributed by atoms with van der Waals surface area (Å²) in [4.78, 5) is 16.6. The van der Waals surface area contributed by atoms with Gasteiger partial charge in [0.25, 0.3) is 5.91 Å². The lowest BCUT2D eigenvalue weighted by atomic mass is 10.1. The first-order valence-electron chi connectivity index (χ1n) is 8.42. The van der Waals surface area contributed by atoms with Gasteiger partial charge in [-0.15, -0.1) is 0 Å². The number of rotatable bonds is 6. The van der Waals surface area contributed by atoms with Crippen molar-refractivity contribution in [3.63, 3.8) is 0 Å². The van der Waals surface area contributed by atoms with Crippen molar-refractivity contribution in [2.24, 2.45) is 0 Å². The van der Waals surface area contributed by atoms with Crippen LogP contribution in [0.5, 0.6) is 0 Å². The minimum Gasteiger partial charge on any atom is -0.364 e. The maximum absolute atomic E-state index is 12.2. The number of pyridine rings is 1. The number of aromatic nitrogens is 1. The molecule has 1 unspecified atom stereocenters. The van der Waals surface area contributed by atoms with E-state index in [2.05, 4.69) is 34.7 Å². The van der Waals surface area contributed by atoms with Crippen molar-refractivity contribution in [3.05, 3.63) is 94.6 Å². The Hall–Kier alpha value is -2.85. The predicted octanol–water partition coefficient (Wildman–Crippen LogP) is 4.84. The number of nitrogens with one attached hydrogen (secondary N) is 2. The van der Waals surface area contributed by atoms with E-state index >= 15 is 0 Å². The maximum atomic E-state index is 12.2. The van der Waals surface area contributed by atoms with Gasteiger partial charge in [-0.1, -0.05) is 54.1 Å². The molecule has 0 saturated heterocycles. The molecule has 3 aromatic rings. The molecule has 0 spiro atoms. The van der Waals surface area contributed by atoms with E-state index in [1.165, 1.54) is 5.56 Å². The van der Waals surface area contributed by atoms with Crippen LogP contribution in [0.1, 0.15) is 34.5 Å². The molecular weight excluding hydrogens is 346 g/mol. The molecule has 0 bridgehead atoms. The SMILES string of the molecule is CC(Nc1ccc(C(=O)NCc2ccc(Cl)cc2)cn1)c1ccccc1. The van der Waals surface area contributed by atoms with Crippen LogP contribution in [0, 0.1) is 0 Å². The van der Waals surface area contributed by atoms with Gasteiger partial charge >= 0.3 is 0 Å². The van der Waals surface area contributed by atoms with Crippen LogP contribution in [-0.2, 0) is 6.54 Å². The van der Waals surface area contributed by atoms with E-state index in [-0.39, 0.29) is 11.9 Å². The maximum Gasteiger partial charge on any atom is 0.253 e. The number of hydrogen-bond acceptors (Lipinski definition) is 3. The van der Waals surface area contributed by atoms with E-state index in [0.29, 0.717) is 17.1 Å². The third-order valence-electron chi connectivity index (χ3n) is 4.06. The minimum atomic E-state index is -0.157. The van der Waals surface area contributed by atoms with Crippen molar-refractivity contribution < 1.29 is 4.79 Å². The standard InChI is InChI=1S/C21H20ClN3O/c1-15(17-5-3-2-4-6-17)25-20-12-9-18(14-23-20)21(26)24-13-16-7-10-19(22)11-8-16/h2-12,14-15H,13H2,1H3,(H,23,25)(H,24,26). The lowest BCUT2D eigenvalue weighted by Crippen LogP contribution is -2.23. The number of halogens is 1. The zero-order valence-corrected chi connectivity index (χ0v) is 15.2. The topological polar surface area (TPSA) is 54.0 Å². The van der Waals surface area contributed by atoms with Gasteiger partial charge in [-0.2, -0.15) is 0 Å². The quantitative estimate of drug-likeness (QED) is 0.657. The highest BCUT2D eigenvalue weighted by Gasteiger charge is 2.08. The lowest BCUT2D eigenvalue weighted by Gasteiger charge is -2.15. The Kier molecular flexibility index (Phi) is 5.87. The molecule has 1 amide bonds. The van der Waals surface area contributed by atoms with Crippen LogP contribution in [0.4, 0.5) is 5.82 Å². The summed E-state index contributed by atoms with van der Waals surface area (Å²) < 4.78 is 0. The molecule has 1 atom stereocenters. The molecule has 3 rings (SSSR count). The summed E-state index contributed by atoms with van der Waals surface area (Å²) in [5.74, 6) is 0.575. The summed E-state index contributed by atoms with van der Waals surface area (Å²) in [6.45, 7) is 2.52. The van der Waals surface area contributed by atoms with Crippen molar-refractivity contribution in [2.45, 2.75) is 19.5 Å². The van der Waals surface area contributed by atoms with E-state index < -0.39 is 0 Å². The summed E-state index contributed by atoms with van der Waals surface area (Å²) in [6, 6.07) is 21.2. The van der Waals surface area contributed by atoms with Crippen molar-refractivity contribution in [1.29, 1.82) is 0 Å². The molecule has 1 heterocycles.